The first kappa shape index (κ1) is 14.9. The number of nitrogens with zero attached hydrogens (tertiary/aromatic N) is 2. The molecule has 3 rings (SSSR count). The molecular formula is C18H22N2O2. The number of methoxy groups -OCH3 is 1. The van der Waals surface area contributed by atoms with Crippen LogP contribution in [0.25, 0.3) is 0 Å². The summed E-state index contributed by atoms with van der Waals surface area (Å²) < 4.78 is 10.9. The lowest BCUT2D eigenvalue weighted by atomic mass is 10.00. The Morgan fingerprint density at radius 3 is 2.77 bits per heavy atom. The van der Waals surface area contributed by atoms with Crippen LogP contribution in [0.15, 0.2) is 42.6 Å². The molecule has 2 atom stereocenters. The molecule has 0 saturated carbocycles. The summed E-state index contributed by atoms with van der Waals surface area (Å²) in [6.45, 7) is 2.96. The molecule has 116 valence electrons. The molecular weight excluding hydrogens is 276 g/mol. The molecule has 1 aromatic heterocycles. The molecule has 0 saturated heterocycles. The second-order valence-electron chi connectivity index (χ2n) is 5.65. The van der Waals surface area contributed by atoms with Crippen molar-refractivity contribution in [2.24, 2.45) is 0 Å². The predicted octanol–water partition coefficient (Wildman–Crippen LogP) is 3.61. The van der Waals surface area contributed by atoms with Gasteiger partial charge in [0.05, 0.1) is 25.5 Å². The van der Waals surface area contributed by atoms with Crippen LogP contribution in [0.1, 0.15) is 36.7 Å². The fourth-order valence-electron chi connectivity index (χ4n) is 2.98. The summed E-state index contributed by atoms with van der Waals surface area (Å²) in [4.78, 5) is 6.91. The molecule has 1 unspecified atom stereocenters. The molecule has 0 amide bonds. The van der Waals surface area contributed by atoms with Gasteiger partial charge in [0.15, 0.2) is 0 Å². The first-order valence-electron chi connectivity index (χ1n) is 7.64. The van der Waals surface area contributed by atoms with Crippen LogP contribution in [-0.2, 0) is 0 Å². The highest BCUT2D eigenvalue weighted by Crippen LogP contribution is 2.37. The fourth-order valence-corrected chi connectivity index (χ4v) is 2.98. The van der Waals surface area contributed by atoms with Crippen LogP contribution in [0, 0.1) is 0 Å². The van der Waals surface area contributed by atoms with Crippen LogP contribution in [0.2, 0.25) is 0 Å². The van der Waals surface area contributed by atoms with Crippen LogP contribution in [0.3, 0.4) is 0 Å². The molecule has 2 aromatic rings. The second kappa shape index (κ2) is 6.36. The van der Waals surface area contributed by atoms with Crippen LogP contribution >= 0.6 is 0 Å². The summed E-state index contributed by atoms with van der Waals surface area (Å²) >= 11 is 0. The van der Waals surface area contributed by atoms with Gasteiger partial charge in [0.2, 0.25) is 0 Å². The van der Waals surface area contributed by atoms with Gasteiger partial charge in [0.25, 0.3) is 0 Å². The van der Waals surface area contributed by atoms with Crippen molar-refractivity contribution in [3.05, 3.63) is 53.9 Å². The Balaban J connectivity index is 1.82. The van der Waals surface area contributed by atoms with Gasteiger partial charge >= 0.3 is 0 Å². The highest BCUT2D eigenvalue weighted by atomic mass is 16.5. The predicted molar refractivity (Wildman–Crippen MR) is 86.3 cm³/mol. The van der Waals surface area contributed by atoms with E-state index in [-0.39, 0.29) is 6.04 Å². The highest BCUT2D eigenvalue weighted by molar-refractivity contribution is 5.33. The van der Waals surface area contributed by atoms with Gasteiger partial charge in [-0.15, -0.1) is 0 Å². The second-order valence-corrected chi connectivity index (χ2v) is 5.65. The minimum atomic E-state index is 0.280. The average Bonchev–Trinajstić information content (AvgIpc) is 2.60. The van der Waals surface area contributed by atoms with Gasteiger partial charge in [0, 0.05) is 18.7 Å². The van der Waals surface area contributed by atoms with Gasteiger partial charge in [-0.1, -0.05) is 12.1 Å². The SMILES string of the molecule is COc1ccc(C(C)N(C)[C@H]2CCOc3cccnc32)cc1. The Morgan fingerprint density at radius 1 is 1.27 bits per heavy atom. The topological polar surface area (TPSA) is 34.6 Å². The van der Waals surface area contributed by atoms with Crippen molar-refractivity contribution in [2.75, 3.05) is 20.8 Å². The van der Waals surface area contributed by atoms with Crippen molar-refractivity contribution < 1.29 is 9.47 Å². The van der Waals surface area contributed by atoms with Crippen molar-refractivity contribution in [3.63, 3.8) is 0 Å². The minimum Gasteiger partial charge on any atom is -0.497 e. The van der Waals surface area contributed by atoms with Crippen molar-refractivity contribution in [1.82, 2.24) is 9.88 Å². The zero-order valence-electron chi connectivity index (χ0n) is 13.3. The third kappa shape index (κ3) is 2.79. The molecule has 4 nitrogen and oxygen atoms in total. The Kier molecular flexibility index (Phi) is 4.29. The van der Waals surface area contributed by atoms with Gasteiger partial charge < -0.3 is 9.47 Å². The largest absolute Gasteiger partial charge is 0.497 e. The van der Waals surface area contributed by atoms with E-state index in [9.17, 15) is 0 Å². The number of hydrogen-bond acceptors (Lipinski definition) is 4. The fraction of sp³-hybridized carbons (Fsp3) is 0.389. The van der Waals surface area contributed by atoms with Gasteiger partial charge in [-0.2, -0.15) is 0 Å². The van der Waals surface area contributed by atoms with Crippen molar-refractivity contribution in [2.45, 2.75) is 25.4 Å². The molecule has 0 aliphatic carbocycles. The van der Waals surface area contributed by atoms with E-state index in [1.165, 1.54) is 5.56 Å². The smallest absolute Gasteiger partial charge is 0.142 e. The Hall–Kier alpha value is -2.07. The number of pyridine rings is 1. The van der Waals surface area contributed by atoms with E-state index < -0.39 is 0 Å². The summed E-state index contributed by atoms with van der Waals surface area (Å²) in [5.41, 5.74) is 2.31. The first-order chi connectivity index (χ1) is 10.7. The summed E-state index contributed by atoms with van der Waals surface area (Å²) in [5.74, 6) is 1.80. The van der Waals surface area contributed by atoms with E-state index in [0.717, 1.165) is 30.2 Å². The molecule has 0 radical (unpaired) electrons. The van der Waals surface area contributed by atoms with E-state index in [1.807, 2.05) is 30.5 Å². The minimum absolute atomic E-state index is 0.280. The third-order valence-electron chi connectivity index (χ3n) is 4.46. The number of aromatic nitrogens is 1. The Bertz CT molecular complexity index is 627. The lowest BCUT2D eigenvalue weighted by molar-refractivity contribution is 0.128. The number of hydrogen-bond donors (Lipinski definition) is 0. The molecule has 22 heavy (non-hydrogen) atoms. The van der Waals surface area contributed by atoms with Crippen LogP contribution in [-0.4, -0.2) is 30.6 Å². The van der Waals surface area contributed by atoms with E-state index >= 15 is 0 Å². The van der Waals surface area contributed by atoms with Crippen molar-refractivity contribution in [1.29, 1.82) is 0 Å². The summed E-state index contributed by atoms with van der Waals surface area (Å²) in [5, 5.41) is 0. The lowest BCUT2D eigenvalue weighted by Crippen LogP contribution is -2.32. The van der Waals surface area contributed by atoms with Crippen LogP contribution < -0.4 is 9.47 Å². The monoisotopic (exact) mass is 298 g/mol. The van der Waals surface area contributed by atoms with E-state index in [0.29, 0.717) is 6.04 Å². The normalized spacial score (nSPS) is 18.5. The van der Waals surface area contributed by atoms with Gasteiger partial charge in [-0.25, -0.2) is 0 Å². The van der Waals surface area contributed by atoms with Crippen molar-refractivity contribution in [3.8, 4) is 11.5 Å². The number of ether oxygens (including phenoxy) is 2. The number of benzene rings is 1. The van der Waals surface area contributed by atoms with E-state index in [4.69, 9.17) is 9.47 Å². The molecule has 0 N–H and O–H groups in total. The zero-order valence-corrected chi connectivity index (χ0v) is 13.3. The van der Waals surface area contributed by atoms with Gasteiger partial charge in [-0.05, 0) is 43.8 Å². The Morgan fingerprint density at radius 2 is 2.05 bits per heavy atom. The molecule has 2 heterocycles. The molecule has 0 fully saturated rings. The first-order valence-corrected chi connectivity index (χ1v) is 7.64. The quantitative estimate of drug-likeness (QED) is 0.863. The maximum Gasteiger partial charge on any atom is 0.142 e. The average molecular weight is 298 g/mol. The maximum atomic E-state index is 5.71. The Labute approximate surface area is 131 Å². The molecule has 0 bridgehead atoms. The van der Waals surface area contributed by atoms with Crippen molar-refractivity contribution >= 4 is 0 Å². The van der Waals surface area contributed by atoms with Crippen LogP contribution in [0.4, 0.5) is 0 Å². The highest BCUT2D eigenvalue weighted by Gasteiger charge is 2.29. The molecule has 4 heteroatoms. The van der Waals surface area contributed by atoms with Gasteiger partial charge in [-0.3, -0.25) is 9.88 Å². The molecule has 1 aliphatic rings. The summed E-state index contributed by atoms with van der Waals surface area (Å²) in [7, 11) is 3.85. The maximum absolute atomic E-state index is 5.71. The lowest BCUT2D eigenvalue weighted by Gasteiger charge is -2.36. The van der Waals surface area contributed by atoms with E-state index in [1.54, 1.807) is 7.11 Å². The summed E-state index contributed by atoms with van der Waals surface area (Å²) in [6, 6.07) is 12.8. The van der Waals surface area contributed by atoms with Crippen LogP contribution in [0.5, 0.6) is 11.5 Å². The molecule has 0 spiro atoms. The van der Waals surface area contributed by atoms with E-state index in [2.05, 4.69) is 36.0 Å². The number of fused-ring (bicyclic) bond motifs is 1. The third-order valence-corrected chi connectivity index (χ3v) is 4.46. The summed E-state index contributed by atoms with van der Waals surface area (Å²) in [6.07, 6.45) is 2.80. The molecule has 1 aliphatic heterocycles. The zero-order chi connectivity index (χ0) is 15.5. The standard InChI is InChI=1S/C18H22N2O2/c1-13(14-6-8-15(21-3)9-7-14)20(2)16-10-12-22-17-5-4-11-19-18(16)17/h4-9,11,13,16H,10,12H2,1-3H3/t13?,16-/m0/s1. The van der Waals surface area contributed by atoms with Gasteiger partial charge in [0.1, 0.15) is 11.5 Å². The molecule has 1 aromatic carbocycles. The number of rotatable bonds is 4.